The van der Waals surface area contributed by atoms with E-state index in [4.69, 9.17) is 0 Å². The van der Waals surface area contributed by atoms with Crippen LogP contribution in [0.25, 0.3) is 0 Å². The first-order valence-corrected chi connectivity index (χ1v) is 3.13. The predicted octanol–water partition coefficient (Wildman–Crippen LogP) is -0.498. The molecular formula is C7H12ClLiMg. The molecule has 50 valence electrons. The molecule has 1 rings (SSSR count). The molecule has 1 aromatic rings. The molecule has 3 heteroatoms. The number of rotatable bonds is 0. The third-order valence-electron chi connectivity index (χ3n) is 0.667. The minimum Gasteiger partial charge on any atom is -1.00 e. The van der Waals surface area contributed by atoms with E-state index in [2.05, 4.69) is 11.6 Å². The van der Waals surface area contributed by atoms with E-state index in [1.165, 1.54) is 6.38 Å². The number of hydrogen-bond donors (Lipinski definition) is 0. The van der Waals surface area contributed by atoms with Gasteiger partial charge in [0.1, 0.15) is 0 Å². The zero-order valence-corrected chi connectivity index (χ0v) is 8.72. The van der Waals surface area contributed by atoms with E-state index in [0.29, 0.717) is 0 Å². The maximum absolute atomic E-state index is 4.64. The van der Waals surface area contributed by atoms with Crippen molar-refractivity contribution < 1.29 is 23.1 Å². The quantitative estimate of drug-likeness (QED) is 0.357. The summed E-state index contributed by atoms with van der Waals surface area (Å²) >= 11 is 4.64. The third-order valence-corrected chi connectivity index (χ3v) is 0.667. The van der Waals surface area contributed by atoms with Gasteiger partial charge in [-0.05, 0) is 0 Å². The zero-order chi connectivity index (χ0) is 6.24. The molecule has 0 aromatic heterocycles. The summed E-state index contributed by atoms with van der Waals surface area (Å²) < 4.78 is 0. The second-order valence-corrected chi connectivity index (χ2v) is 1.15. The molecule has 0 amide bonds. The molecule has 0 heterocycles. The summed E-state index contributed by atoms with van der Waals surface area (Å²) in [6.45, 7) is 0. The minimum absolute atomic E-state index is 0. The molecule has 0 aliphatic heterocycles. The van der Waals surface area contributed by atoms with Crippen LogP contribution in [0.5, 0.6) is 0 Å². The molecule has 0 saturated carbocycles. The molecule has 0 unspecified atom stereocenters. The van der Waals surface area contributed by atoms with Crippen LogP contribution >= 0.6 is 11.6 Å². The van der Waals surface area contributed by atoms with E-state index in [1.807, 2.05) is 36.4 Å². The largest absolute Gasteiger partial charge is 2.00 e. The van der Waals surface area contributed by atoms with Gasteiger partial charge in [0.2, 0.25) is 0 Å². The summed E-state index contributed by atoms with van der Waals surface area (Å²) in [5.41, 5.74) is 0. The van der Waals surface area contributed by atoms with Crippen LogP contribution in [0.1, 0.15) is 4.28 Å². The summed E-state index contributed by atoms with van der Waals surface area (Å²) in [5.74, 6) is 0. The summed E-state index contributed by atoms with van der Waals surface area (Å²) in [4.78, 5) is 0. The molecule has 0 spiro atoms. The Bertz CT molecular complexity index is 95.7. The number of hydrogen-bond acceptors (Lipinski definition) is 0. The molecule has 0 aliphatic rings. The Kier molecular flexibility index (Phi) is 28.1. The van der Waals surface area contributed by atoms with E-state index >= 15 is 0 Å². The van der Waals surface area contributed by atoms with Gasteiger partial charge in [-0.25, -0.2) is 0 Å². The predicted molar refractivity (Wildman–Crippen MR) is 47.3 cm³/mol. The van der Waals surface area contributed by atoms with Gasteiger partial charge in [0, 0.05) is 6.38 Å². The molecule has 0 bridgehead atoms. The maximum atomic E-state index is 4.64. The number of alkyl halides is 1. The molecule has 0 atom stereocenters. The summed E-state index contributed by atoms with van der Waals surface area (Å²) in [7, 11) is 0. The Morgan fingerprint density at radius 2 is 0.900 bits per heavy atom. The molecule has 0 aliphatic carbocycles. The van der Waals surface area contributed by atoms with Crippen molar-refractivity contribution >= 4 is 34.7 Å². The van der Waals surface area contributed by atoms with Gasteiger partial charge in [-0.2, -0.15) is 0 Å². The molecular weight excluding hydrogens is 151 g/mol. The Hall–Kier alpha value is 0.874. The molecule has 0 saturated heterocycles. The van der Waals surface area contributed by atoms with E-state index in [0.717, 1.165) is 0 Å². The van der Waals surface area contributed by atoms with Crippen LogP contribution < -0.4 is 18.9 Å². The first kappa shape index (κ1) is 17.1. The van der Waals surface area contributed by atoms with Crippen molar-refractivity contribution in [1.82, 2.24) is 0 Å². The second-order valence-electron chi connectivity index (χ2n) is 1.15. The summed E-state index contributed by atoms with van der Waals surface area (Å²) in [6, 6.07) is 12.0. The fraction of sp³-hybridized carbons (Fsp3) is 0.143. The second kappa shape index (κ2) is 16.5. The maximum Gasteiger partial charge on any atom is 2.00 e. The Labute approximate surface area is 100 Å². The van der Waals surface area contributed by atoms with Crippen molar-refractivity contribution in [3.63, 3.8) is 0 Å². The average molecular weight is 163 g/mol. The molecule has 0 radical (unpaired) electrons. The van der Waals surface area contributed by atoms with Gasteiger partial charge < -0.3 is 4.28 Å². The van der Waals surface area contributed by atoms with Gasteiger partial charge >= 0.3 is 41.9 Å². The molecule has 1 aromatic carbocycles. The van der Waals surface area contributed by atoms with Crippen LogP contribution in [0, 0.1) is 0 Å². The van der Waals surface area contributed by atoms with Gasteiger partial charge in [-0.15, -0.1) is 11.6 Å². The number of halogens is 1. The topological polar surface area (TPSA) is 0 Å². The van der Waals surface area contributed by atoms with Crippen molar-refractivity contribution in [2.45, 2.75) is 0 Å². The van der Waals surface area contributed by atoms with Crippen LogP contribution in [0.2, 0.25) is 0 Å². The van der Waals surface area contributed by atoms with Gasteiger partial charge in [0.15, 0.2) is 0 Å². The summed E-state index contributed by atoms with van der Waals surface area (Å²) in [5, 5.41) is 0. The van der Waals surface area contributed by atoms with Gasteiger partial charge in [-0.3, -0.25) is 0 Å². The zero-order valence-electron chi connectivity index (χ0n) is 9.55. The summed E-state index contributed by atoms with van der Waals surface area (Å²) in [6.07, 6.45) is 1.47. The molecule has 0 nitrogen and oxygen atoms in total. The van der Waals surface area contributed by atoms with Crippen LogP contribution in [0.15, 0.2) is 36.4 Å². The van der Waals surface area contributed by atoms with E-state index in [-0.39, 0.29) is 46.2 Å². The first-order valence-electron chi connectivity index (χ1n) is 2.38. The third kappa shape index (κ3) is 11.6. The van der Waals surface area contributed by atoms with Crippen molar-refractivity contribution in [3.8, 4) is 0 Å². The van der Waals surface area contributed by atoms with E-state index < -0.39 is 0 Å². The van der Waals surface area contributed by atoms with Crippen LogP contribution in [-0.4, -0.2) is 29.4 Å². The molecule has 0 N–H and O–H groups in total. The van der Waals surface area contributed by atoms with Crippen molar-refractivity contribution in [2.24, 2.45) is 0 Å². The normalized spacial score (nSPS) is 5.40. The fourth-order valence-corrected chi connectivity index (χ4v) is 0.385. The van der Waals surface area contributed by atoms with Crippen LogP contribution in [0.4, 0.5) is 0 Å². The fourth-order valence-electron chi connectivity index (χ4n) is 0.385. The Morgan fingerprint density at radius 3 is 1.00 bits per heavy atom. The monoisotopic (exact) mass is 162 g/mol. The van der Waals surface area contributed by atoms with Crippen molar-refractivity contribution in [1.29, 1.82) is 0 Å². The van der Waals surface area contributed by atoms with E-state index in [9.17, 15) is 0 Å². The molecule has 0 fully saturated rings. The van der Waals surface area contributed by atoms with Gasteiger partial charge in [0.05, 0.1) is 0 Å². The SMILES string of the molecule is CCl.[H-].[H-].[H-].[Li+].[Mg+2].c1ccccc1. The van der Waals surface area contributed by atoms with Crippen LogP contribution in [0.3, 0.4) is 0 Å². The number of benzene rings is 1. The van der Waals surface area contributed by atoms with E-state index in [1.54, 1.807) is 0 Å². The average Bonchev–Trinajstić information content (AvgIpc) is 1.96. The van der Waals surface area contributed by atoms with Gasteiger partial charge in [-0.1, -0.05) is 36.4 Å². The first-order chi connectivity index (χ1) is 4.00. The van der Waals surface area contributed by atoms with Gasteiger partial charge in [0.25, 0.3) is 0 Å². The molecule has 10 heavy (non-hydrogen) atoms. The Balaban J connectivity index is -0.0000000166. The van der Waals surface area contributed by atoms with Crippen molar-refractivity contribution in [2.75, 3.05) is 6.38 Å². The minimum atomic E-state index is 0. The van der Waals surface area contributed by atoms with Crippen molar-refractivity contribution in [3.05, 3.63) is 36.4 Å². The smallest absolute Gasteiger partial charge is 1.00 e. The standard InChI is InChI=1S/C6H6.CH3Cl.Li.Mg.3H/c1-2-4-6-5-3-1;1-2;;;;;/h1-6H;1H3;;;;;/q;;+1;+2;3*-1. The Morgan fingerprint density at radius 1 is 0.800 bits per heavy atom. The van der Waals surface area contributed by atoms with Crippen LogP contribution in [-0.2, 0) is 0 Å².